The van der Waals surface area contributed by atoms with Gasteiger partial charge in [-0.15, -0.1) is 0 Å². The van der Waals surface area contributed by atoms with Crippen molar-refractivity contribution in [2.75, 3.05) is 26.4 Å². The Labute approximate surface area is 542 Å². The summed E-state index contributed by atoms with van der Waals surface area (Å²) < 4.78 is 317. The van der Waals surface area contributed by atoms with Gasteiger partial charge in [0.15, 0.2) is 56.1 Å². The smallest absolute Gasteiger partial charge is 0.397 e. The molecule has 6 rings (SSSR count). The first-order valence-electron chi connectivity index (χ1n) is 26.1. The van der Waals surface area contributed by atoms with Crippen LogP contribution in [0.2, 0.25) is 0 Å². The largest absolute Gasteiger partial charge is 0.479 e. The molecule has 61 heteroatoms. The van der Waals surface area contributed by atoms with E-state index in [2.05, 4.69) is 12.5 Å². The number of aliphatic hydroxyl groups is 11. The molecule has 6 fully saturated rings. The second-order valence-corrected chi connectivity index (χ2v) is 28.8. The molecule has 30 atom stereocenters. The summed E-state index contributed by atoms with van der Waals surface area (Å²) >= 11 is 0. The Morgan fingerprint density at radius 3 is 1.15 bits per heavy atom. The molecule has 0 spiro atoms. The van der Waals surface area contributed by atoms with E-state index in [-0.39, 0.29) is 0 Å². The highest BCUT2D eigenvalue weighted by Crippen LogP contribution is 2.39. The Morgan fingerprint density at radius 2 is 0.691 bits per heavy atom. The average Bonchev–Trinajstić information content (AvgIpc) is 0.767. The zero-order valence-corrected chi connectivity index (χ0v) is 52.9. The number of nitrogens with one attached hydrogen (secondary N) is 4. The SMILES string of the molecule is O=C(O)[C@@H]1O[C@@H](O[C@H]2[C@H](O)[C@@H](NS(=O)(=O)O)C(O)O[C@@H]2CO)[C@H](O)[C@@H](O)[C@@H]1O[C@H]1O[C@H](CO)[C@@H](O[C@H]2O[C@H](COS(=O)(=O)O)[C@@H](O[C@@H]3O[C@@H](C(=O)O)[C@@H](O[C@H]4O[C@H](CO)[C@@H](O)[C@H](O)[C@H]4NS(=O)(=O)O)[C@H](O)[C@H]3OS(=O)(=O)O)[C@H](O)[C@H]2NS(=O)(=O)O)[C@H](OS(=O)(=O)O)[C@H]1NS(=O)(=O)O. The Kier molecular flexibility index (Phi) is 27.4. The van der Waals surface area contributed by atoms with Gasteiger partial charge >= 0.3 is 84.4 Å². The summed E-state index contributed by atoms with van der Waals surface area (Å²) in [5.41, 5.74) is 0. The quantitative estimate of drug-likeness (QED) is 0.0297. The number of hydrogen-bond acceptors (Lipinski definition) is 41. The van der Waals surface area contributed by atoms with Gasteiger partial charge in [-0.25, -0.2) is 22.1 Å². The van der Waals surface area contributed by atoms with E-state index < -0.39 is 295 Å². The van der Waals surface area contributed by atoms with Gasteiger partial charge in [-0.2, -0.15) is 77.8 Å². The Bertz CT molecular complexity index is 3540. The lowest BCUT2D eigenvalue weighted by Gasteiger charge is -2.51. The molecule has 6 aliphatic rings. The van der Waals surface area contributed by atoms with E-state index in [9.17, 15) is 167 Å². The molecule has 6 aliphatic heterocycles. The third-order valence-electron chi connectivity index (χ3n) is 14.2. The third-order valence-corrected chi connectivity index (χ3v) is 17.9. The molecule has 24 N–H and O–H groups in total. The third kappa shape index (κ3) is 22.1. The maximum atomic E-state index is 12.9. The highest BCUT2D eigenvalue weighted by Gasteiger charge is 2.62. The van der Waals surface area contributed by atoms with E-state index in [1.165, 1.54) is 18.9 Å². The van der Waals surface area contributed by atoms with Gasteiger partial charge in [-0.1, -0.05) is 0 Å². The second-order valence-electron chi connectivity index (χ2n) is 20.9. The summed E-state index contributed by atoms with van der Waals surface area (Å²) in [4.78, 5) is 25.7. The van der Waals surface area contributed by atoms with Crippen molar-refractivity contribution < 1.29 is 231 Å². The number of rotatable bonds is 30. The van der Waals surface area contributed by atoms with Crippen molar-refractivity contribution in [3.63, 3.8) is 0 Å². The molecule has 0 aromatic heterocycles. The van der Waals surface area contributed by atoms with Crippen LogP contribution >= 0.6 is 0 Å². The van der Waals surface area contributed by atoms with Gasteiger partial charge in [0, 0.05) is 0 Å². The van der Waals surface area contributed by atoms with Gasteiger partial charge in [0.05, 0.1) is 26.4 Å². The monoisotopic (exact) mass is 1570 g/mol. The fraction of sp³-hybridized carbons (Fsp3) is 0.944. The summed E-state index contributed by atoms with van der Waals surface area (Å²) in [6.45, 7) is -6.26. The van der Waals surface area contributed by atoms with Gasteiger partial charge in [0.2, 0.25) is 0 Å². The van der Waals surface area contributed by atoms with Crippen LogP contribution in [-0.4, -0.2) is 380 Å². The zero-order valence-electron chi connectivity index (χ0n) is 47.2. The predicted molar refractivity (Wildman–Crippen MR) is 281 cm³/mol. The molecule has 568 valence electrons. The number of carboxylic acid groups (broad SMARTS) is 2. The summed E-state index contributed by atoms with van der Waals surface area (Å²) in [5, 5.41) is 139. The minimum Gasteiger partial charge on any atom is -0.479 e. The van der Waals surface area contributed by atoms with E-state index in [1.54, 1.807) is 0 Å². The van der Waals surface area contributed by atoms with Crippen molar-refractivity contribution in [2.45, 2.75) is 184 Å². The number of carboxylic acids is 2. The van der Waals surface area contributed by atoms with Gasteiger partial charge in [0.1, 0.15) is 128 Å². The first-order valence-corrected chi connectivity index (χ1v) is 36.0. The van der Waals surface area contributed by atoms with Crippen LogP contribution < -0.4 is 18.9 Å². The minimum atomic E-state index is -6.29. The van der Waals surface area contributed by atoms with Crippen LogP contribution in [0.4, 0.5) is 0 Å². The summed E-state index contributed by atoms with van der Waals surface area (Å²) in [5.74, 6) is -4.70. The van der Waals surface area contributed by atoms with Gasteiger partial charge in [0.25, 0.3) is 0 Å². The van der Waals surface area contributed by atoms with Crippen LogP contribution in [0.15, 0.2) is 0 Å². The summed E-state index contributed by atoms with van der Waals surface area (Å²) in [7, 11) is -41.2. The molecule has 0 aromatic carbocycles. The van der Waals surface area contributed by atoms with E-state index >= 15 is 0 Å². The molecule has 0 amide bonds. The maximum Gasteiger partial charge on any atom is 0.397 e. The number of aliphatic hydroxyl groups excluding tert-OH is 11. The number of hydrogen-bond donors (Lipinski definition) is 24. The molecule has 6 heterocycles. The topological polar surface area (TPSA) is 855 Å². The first-order chi connectivity index (χ1) is 44.3. The van der Waals surface area contributed by atoms with Crippen LogP contribution in [-0.2, 0) is 147 Å². The van der Waals surface area contributed by atoms with Crippen molar-refractivity contribution in [1.29, 1.82) is 0 Å². The fourth-order valence-electron chi connectivity index (χ4n) is 10.3. The number of ether oxygens (including phenoxy) is 11. The molecule has 0 saturated carbocycles. The van der Waals surface area contributed by atoms with E-state index in [0.29, 0.717) is 0 Å². The molecule has 0 aliphatic carbocycles. The number of carbonyl (C=O) groups is 2. The molecule has 6 saturated heterocycles. The van der Waals surface area contributed by atoms with Gasteiger partial charge in [-0.05, 0) is 0 Å². The molecular formula is C36H62N4O50S7. The molecule has 54 nitrogen and oxygen atoms in total. The van der Waals surface area contributed by atoms with Crippen LogP contribution in [0, 0.1) is 0 Å². The lowest BCUT2D eigenvalue weighted by molar-refractivity contribution is -0.374. The second kappa shape index (κ2) is 32.0. The van der Waals surface area contributed by atoms with Crippen molar-refractivity contribution in [3.8, 4) is 0 Å². The normalized spacial score (nSPS) is 41.6. The van der Waals surface area contributed by atoms with Crippen LogP contribution in [0.3, 0.4) is 0 Å². The minimum absolute atomic E-state index is 1.19. The maximum absolute atomic E-state index is 12.9. The molecule has 0 aromatic rings. The standard InChI is InChI=1S/C36H62N4O50S7/c41-1-5-13(44)14(45)10(38-92(59,60)61)32(79-5)86-25-19(50)26(90-97(74,75)76)36(88-28(25)30(53)54)83-21-8(4-77-95(68,69)70)81-33(11(16(21)47)39-93(62,63)64)84-22-7(3-43)80-34(12(40-94(65,66)67)23(22)89-96(71,72)73)85-24-17(48)18(49)35(87-27(24)29(51)52)82-20-6(2-42)78-31(55)9(15(20)46)37-91(56,57)58/h5-28,31-50,55H,1-4H2,(H,51,52)(H,53,54)(H,56,57,58)(H,59,60,61)(H,62,63,64)(H,65,66,67)(H,68,69,70)(H,71,72,73)(H,74,75,76)/t5-,6-,7-,8-,9-,10-,11-,12-,13-,14-,15-,16-,17-,18-,19+,20-,21-,22-,23-,24+,25+,26-,27-,28-,31?,32-,33-,34-,35-,36-/m1/s1. The van der Waals surface area contributed by atoms with Crippen molar-refractivity contribution in [1.82, 2.24) is 18.9 Å². The molecule has 1 unspecified atom stereocenters. The number of aliphatic carboxylic acids is 2. The lowest BCUT2D eigenvalue weighted by Crippen LogP contribution is -2.72. The van der Waals surface area contributed by atoms with E-state index in [0.717, 1.165) is 0 Å². The van der Waals surface area contributed by atoms with E-state index in [4.69, 9.17) is 52.1 Å². The highest BCUT2D eigenvalue weighted by atomic mass is 32.3. The Balaban J connectivity index is 1.39. The fourth-order valence-corrected chi connectivity index (χ4v) is 14.0. The summed E-state index contributed by atoms with van der Waals surface area (Å²) in [6, 6.07) is -11.0. The molecule has 0 bridgehead atoms. The Morgan fingerprint density at radius 1 is 0.330 bits per heavy atom. The summed E-state index contributed by atoms with van der Waals surface area (Å²) in [6.07, 6.45) is -72.0. The molecule has 97 heavy (non-hydrogen) atoms. The van der Waals surface area contributed by atoms with Crippen molar-refractivity contribution >= 4 is 84.4 Å². The Hall–Kier alpha value is -2.85. The van der Waals surface area contributed by atoms with Crippen LogP contribution in [0.5, 0.6) is 0 Å². The van der Waals surface area contributed by atoms with E-state index in [1.807, 2.05) is 0 Å². The van der Waals surface area contributed by atoms with Crippen molar-refractivity contribution in [3.05, 3.63) is 0 Å². The van der Waals surface area contributed by atoms with Gasteiger partial charge in [-0.3, -0.25) is 31.9 Å². The average molecular weight is 1580 g/mol. The van der Waals surface area contributed by atoms with Crippen LogP contribution in [0.25, 0.3) is 0 Å². The van der Waals surface area contributed by atoms with Gasteiger partial charge < -0.3 is 118 Å². The lowest BCUT2D eigenvalue weighted by atomic mass is 9.94. The predicted octanol–water partition coefficient (Wildman–Crippen LogP) is -16.8. The molecule has 0 radical (unpaired) electrons. The van der Waals surface area contributed by atoms with Crippen LogP contribution in [0.1, 0.15) is 0 Å². The van der Waals surface area contributed by atoms with Crippen molar-refractivity contribution in [2.24, 2.45) is 0 Å². The highest BCUT2D eigenvalue weighted by molar-refractivity contribution is 7.84. The first kappa shape index (κ1) is 83.1. The molecular weight excluding hydrogens is 1510 g/mol. The zero-order chi connectivity index (χ0) is 73.5.